The highest BCUT2D eigenvalue weighted by molar-refractivity contribution is 7.98. The topological polar surface area (TPSA) is 64.3 Å². The maximum atomic E-state index is 11.6. The molecule has 0 aliphatic carbocycles. The average Bonchev–Trinajstić information content (AvgIpc) is 2.13. The zero-order chi connectivity index (χ0) is 11.9. The van der Waals surface area contributed by atoms with E-state index in [9.17, 15) is 4.79 Å². The first kappa shape index (κ1) is 14.7. The lowest BCUT2D eigenvalue weighted by Crippen LogP contribution is -2.52. The molecule has 0 aliphatic heterocycles. The second-order valence-corrected chi connectivity index (χ2v) is 5.18. The third-order valence-electron chi connectivity index (χ3n) is 1.94. The second kappa shape index (κ2) is 7.09. The molecule has 0 rings (SSSR count). The summed E-state index contributed by atoms with van der Waals surface area (Å²) in [4.78, 5) is 11.6. The Morgan fingerprint density at radius 2 is 2.20 bits per heavy atom. The molecule has 5 heteroatoms. The summed E-state index contributed by atoms with van der Waals surface area (Å²) >= 11 is 1.69. The highest BCUT2D eigenvalue weighted by Gasteiger charge is 2.23. The fourth-order valence-electron chi connectivity index (χ4n) is 1.20. The van der Waals surface area contributed by atoms with E-state index in [0.29, 0.717) is 13.0 Å². The number of nitrogens with one attached hydrogen (secondary N) is 1. The number of ether oxygens (including phenoxy) is 1. The summed E-state index contributed by atoms with van der Waals surface area (Å²) in [5.74, 6) is 0.797. The van der Waals surface area contributed by atoms with Gasteiger partial charge in [0.2, 0.25) is 5.91 Å². The lowest BCUT2D eigenvalue weighted by molar-refractivity contribution is -0.124. The SMILES string of the molecule is COCC(C)(C)NC(=O)[C@@H](N)CCSC. The van der Waals surface area contributed by atoms with Crippen LogP contribution >= 0.6 is 11.8 Å². The lowest BCUT2D eigenvalue weighted by Gasteiger charge is -2.26. The van der Waals surface area contributed by atoms with Crippen LogP contribution in [0.15, 0.2) is 0 Å². The first-order valence-corrected chi connectivity index (χ1v) is 6.38. The van der Waals surface area contributed by atoms with Gasteiger partial charge in [-0.3, -0.25) is 4.79 Å². The Kier molecular flexibility index (Phi) is 6.96. The summed E-state index contributed by atoms with van der Waals surface area (Å²) in [6.07, 6.45) is 2.70. The molecule has 90 valence electrons. The molecule has 4 nitrogen and oxygen atoms in total. The lowest BCUT2D eigenvalue weighted by atomic mass is 10.1. The molecule has 0 unspecified atom stereocenters. The van der Waals surface area contributed by atoms with Gasteiger partial charge >= 0.3 is 0 Å². The van der Waals surface area contributed by atoms with Crippen LogP contribution in [0.4, 0.5) is 0 Å². The largest absolute Gasteiger partial charge is 0.382 e. The quantitative estimate of drug-likeness (QED) is 0.677. The molecule has 0 aliphatic rings. The molecule has 0 fully saturated rings. The predicted molar refractivity (Wildman–Crippen MR) is 65.1 cm³/mol. The molecule has 0 saturated carbocycles. The summed E-state index contributed by atoms with van der Waals surface area (Å²) in [5, 5.41) is 2.87. The third kappa shape index (κ3) is 6.76. The molecule has 0 aromatic heterocycles. The smallest absolute Gasteiger partial charge is 0.237 e. The molecule has 15 heavy (non-hydrogen) atoms. The zero-order valence-electron chi connectivity index (χ0n) is 10.0. The van der Waals surface area contributed by atoms with Gasteiger partial charge in [0.15, 0.2) is 0 Å². The van der Waals surface area contributed by atoms with Gasteiger partial charge in [0, 0.05) is 7.11 Å². The van der Waals surface area contributed by atoms with E-state index in [1.54, 1.807) is 18.9 Å². The molecule has 0 heterocycles. The van der Waals surface area contributed by atoms with Gasteiger partial charge in [-0.25, -0.2) is 0 Å². The van der Waals surface area contributed by atoms with Crippen LogP contribution in [0.2, 0.25) is 0 Å². The maximum Gasteiger partial charge on any atom is 0.237 e. The van der Waals surface area contributed by atoms with Crippen molar-refractivity contribution in [3.63, 3.8) is 0 Å². The molecule has 0 radical (unpaired) electrons. The average molecular weight is 234 g/mol. The summed E-state index contributed by atoms with van der Waals surface area (Å²) in [5.41, 5.74) is 5.38. The number of nitrogens with two attached hydrogens (primary N) is 1. The minimum atomic E-state index is -0.423. The van der Waals surface area contributed by atoms with Gasteiger partial charge in [0.25, 0.3) is 0 Å². The van der Waals surface area contributed by atoms with Crippen molar-refractivity contribution < 1.29 is 9.53 Å². The van der Waals surface area contributed by atoms with Gasteiger partial charge in [0.05, 0.1) is 18.2 Å². The number of methoxy groups -OCH3 is 1. The van der Waals surface area contributed by atoms with Crippen LogP contribution in [0.1, 0.15) is 20.3 Å². The van der Waals surface area contributed by atoms with Crippen molar-refractivity contribution in [3.8, 4) is 0 Å². The van der Waals surface area contributed by atoms with E-state index in [0.717, 1.165) is 5.75 Å². The van der Waals surface area contributed by atoms with E-state index >= 15 is 0 Å². The zero-order valence-corrected chi connectivity index (χ0v) is 10.8. The van der Waals surface area contributed by atoms with Crippen molar-refractivity contribution in [2.24, 2.45) is 5.73 Å². The van der Waals surface area contributed by atoms with E-state index in [1.807, 2.05) is 20.1 Å². The van der Waals surface area contributed by atoms with E-state index in [2.05, 4.69) is 5.32 Å². The summed E-state index contributed by atoms with van der Waals surface area (Å²) in [7, 11) is 1.61. The third-order valence-corrected chi connectivity index (χ3v) is 2.58. The van der Waals surface area contributed by atoms with Gasteiger partial charge < -0.3 is 15.8 Å². The highest BCUT2D eigenvalue weighted by atomic mass is 32.2. The van der Waals surface area contributed by atoms with E-state index in [1.165, 1.54) is 0 Å². The summed E-state index contributed by atoms with van der Waals surface area (Å²) in [6, 6.07) is -0.423. The van der Waals surface area contributed by atoms with Crippen molar-refractivity contribution in [2.75, 3.05) is 25.7 Å². The molecule has 3 N–H and O–H groups in total. The minimum absolute atomic E-state index is 0.105. The Balaban J connectivity index is 4.00. The van der Waals surface area contributed by atoms with Crippen LogP contribution in [0.3, 0.4) is 0 Å². The molecule has 0 aromatic carbocycles. The van der Waals surface area contributed by atoms with E-state index in [4.69, 9.17) is 10.5 Å². The van der Waals surface area contributed by atoms with Gasteiger partial charge in [-0.05, 0) is 32.3 Å². The Bertz CT molecular complexity index is 198. The molecule has 0 saturated heterocycles. The predicted octanol–water partition coefficient (Wildman–Crippen LogP) is 0.608. The van der Waals surface area contributed by atoms with E-state index in [-0.39, 0.29) is 11.4 Å². The number of hydrogen-bond acceptors (Lipinski definition) is 4. The fraction of sp³-hybridized carbons (Fsp3) is 0.900. The second-order valence-electron chi connectivity index (χ2n) is 4.19. The van der Waals surface area contributed by atoms with Crippen molar-refractivity contribution in [1.82, 2.24) is 5.32 Å². The molecule has 1 atom stereocenters. The fourth-order valence-corrected chi connectivity index (χ4v) is 1.69. The normalized spacial score (nSPS) is 13.7. The van der Waals surface area contributed by atoms with Gasteiger partial charge in [-0.1, -0.05) is 0 Å². The number of hydrogen-bond donors (Lipinski definition) is 2. The summed E-state index contributed by atoms with van der Waals surface area (Å²) < 4.78 is 5.01. The molecule has 1 amide bonds. The minimum Gasteiger partial charge on any atom is -0.382 e. The van der Waals surface area contributed by atoms with Gasteiger partial charge in [-0.15, -0.1) is 0 Å². The standard InChI is InChI=1S/C10H22N2O2S/c1-10(2,7-14-3)12-9(13)8(11)5-6-15-4/h8H,5-7,11H2,1-4H3,(H,12,13)/t8-/m0/s1. The van der Waals surface area contributed by atoms with Crippen LogP contribution in [-0.2, 0) is 9.53 Å². The van der Waals surface area contributed by atoms with Crippen LogP contribution in [0.5, 0.6) is 0 Å². The monoisotopic (exact) mass is 234 g/mol. The van der Waals surface area contributed by atoms with Crippen molar-refractivity contribution in [2.45, 2.75) is 31.8 Å². The van der Waals surface area contributed by atoms with Crippen LogP contribution < -0.4 is 11.1 Å². The van der Waals surface area contributed by atoms with Crippen LogP contribution in [0.25, 0.3) is 0 Å². The number of carbonyl (C=O) groups excluding carboxylic acids is 1. The number of carbonyl (C=O) groups is 1. The maximum absolute atomic E-state index is 11.6. The number of thioether (sulfide) groups is 1. The molecular weight excluding hydrogens is 212 g/mol. The Morgan fingerprint density at radius 3 is 2.67 bits per heavy atom. The van der Waals surface area contributed by atoms with Crippen LogP contribution in [0, 0.1) is 0 Å². The van der Waals surface area contributed by atoms with Crippen molar-refractivity contribution in [1.29, 1.82) is 0 Å². The molecule has 0 aromatic rings. The first-order chi connectivity index (χ1) is 6.93. The Labute approximate surface area is 96.3 Å². The van der Waals surface area contributed by atoms with E-state index < -0.39 is 6.04 Å². The molecular formula is C10H22N2O2S. The summed E-state index contributed by atoms with van der Waals surface area (Å²) in [6.45, 7) is 4.30. The highest BCUT2D eigenvalue weighted by Crippen LogP contribution is 2.04. The molecule has 0 spiro atoms. The van der Waals surface area contributed by atoms with Crippen molar-refractivity contribution >= 4 is 17.7 Å². The molecule has 0 bridgehead atoms. The first-order valence-electron chi connectivity index (χ1n) is 4.98. The number of amides is 1. The van der Waals surface area contributed by atoms with Crippen molar-refractivity contribution in [3.05, 3.63) is 0 Å². The van der Waals surface area contributed by atoms with Gasteiger partial charge in [0.1, 0.15) is 0 Å². The Hall–Kier alpha value is -0.260. The Morgan fingerprint density at radius 1 is 1.60 bits per heavy atom. The van der Waals surface area contributed by atoms with Crippen LogP contribution in [-0.4, -0.2) is 43.2 Å². The van der Waals surface area contributed by atoms with Gasteiger partial charge in [-0.2, -0.15) is 11.8 Å². The number of rotatable bonds is 7.